The summed E-state index contributed by atoms with van der Waals surface area (Å²) in [7, 11) is -1.56. The average molecular weight is 485 g/mol. The molecule has 5 nitrogen and oxygen atoms in total. The molecular formula is C23H36O5S2Si. The van der Waals surface area contributed by atoms with E-state index in [-0.39, 0.29) is 15.9 Å². The van der Waals surface area contributed by atoms with E-state index < -0.39 is 32.4 Å². The van der Waals surface area contributed by atoms with Crippen LogP contribution in [0.1, 0.15) is 32.3 Å². The van der Waals surface area contributed by atoms with Gasteiger partial charge in [-0.2, -0.15) is 0 Å². The molecule has 0 unspecified atom stereocenters. The molecule has 5 atom stereocenters. The second-order valence-electron chi connectivity index (χ2n) is 10.2. The van der Waals surface area contributed by atoms with Crippen LogP contribution in [0.3, 0.4) is 0 Å². The van der Waals surface area contributed by atoms with Crippen LogP contribution in [-0.2, 0) is 25.6 Å². The molecule has 0 radical (unpaired) electrons. The molecule has 0 aliphatic carbocycles. The summed E-state index contributed by atoms with van der Waals surface area (Å²) in [6, 6.07) is 10.1. The van der Waals surface area contributed by atoms with Crippen LogP contribution < -0.4 is 0 Å². The predicted molar refractivity (Wildman–Crippen MR) is 130 cm³/mol. The Hall–Kier alpha value is -0.0631. The first kappa shape index (κ1) is 24.1. The summed E-state index contributed by atoms with van der Waals surface area (Å²) in [5, 5.41) is 11.5. The Balaban J connectivity index is 1.51. The molecule has 0 bridgehead atoms. The van der Waals surface area contributed by atoms with Crippen molar-refractivity contribution in [2.75, 3.05) is 11.5 Å². The van der Waals surface area contributed by atoms with E-state index in [0.29, 0.717) is 13.0 Å². The van der Waals surface area contributed by atoms with Crippen LogP contribution in [0, 0.1) is 0 Å². The standard InChI is InChI=1S/C23H36O5S2Si/c1-22(2)27-20-19(25-15-16-10-7-6-8-11-16)18(26-21(20)28-22)17(24)14-23(31(3,4)5)29-12-9-13-30-23/h6-8,10-11,17-21,24H,9,12-15H2,1-5H3/t17-,18-,19-,20-,21-/m1/s1. The van der Waals surface area contributed by atoms with Gasteiger partial charge in [-0.25, -0.2) is 0 Å². The summed E-state index contributed by atoms with van der Waals surface area (Å²) in [5.41, 5.74) is 1.09. The van der Waals surface area contributed by atoms with Crippen molar-refractivity contribution >= 4 is 31.6 Å². The lowest BCUT2D eigenvalue weighted by atomic mass is 10.0. The molecule has 3 saturated heterocycles. The van der Waals surface area contributed by atoms with E-state index in [9.17, 15) is 5.11 Å². The van der Waals surface area contributed by atoms with Gasteiger partial charge in [0.1, 0.15) is 18.3 Å². The molecule has 0 spiro atoms. The van der Waals surface area contributed by atoms with Crippen LogP contribution in [0.4, 0.5) is 0 Å². The summed E-state index contributed by atoms with van der Waals surface area (Å²) >= 11 is 4.09. The zero-order valence-electron chi connectivity index (χ0n) is 19.2. The zero-order valence-corrected chi connectivity index (χ0v) is 21.8. The second-order valence-corrected chi connectivity index (χ2v) is 19.3. The molecule has 3 heterocycles. The number of thioether (sulfide) groups is 2. The Labute approximate surface area is 195 Å². The molecule has 0 saturated carbocycles. The van der Waals surface area contributed by atoms with E-state index in [2.05, 4.69) is 19.6 Å². The van der Waals surface area contributed by atoms with E-state index in [1.807, 2.05) is 67.7 Å². The Bertz CT molecular complexity index is 735. The maximum atomic E-state index is 11.5. The van der Waals surface area contributed by atoms with Crippen LogP contribution >= 0.6 is 23.5 Å². The third kappa shape index (κ3) is 5.21. The summed E-state index contributed by atoms with van der Waals surface area (Å²) in [5.74, 6) is 1.61. The molecule has 0 amide bonds. The van der Waals surface area contributed by atoms with Gasteiger partial charge in [0, 0.05) is 0 Å². The van der Waals surface area contributed by atoms with Gasteiger partial charge in [0.05, 0.1) is 24.5 Å². The lowest BCUT2D eigenvalue weighted by Crippen LogP contribution is -2.53. The number of rotatable bonds is 7. The highest BCUT2D eigenvalue weighted by atomic mass is 32.2. The molecule has 3 aliphatic heterocycles. The largest absolute Gasteiger partial charge is 0.390 e. The molecule has 1 aromatic carbocycles. The maximum absolute atomic E-state index is 11.5. The number of ether oxygens (including phenoxy) is 4. The maximum Gasteiger partial charge on any atom is 0.190 e. The molecule has 1 aromatic rings. The third-order valence-corrected chi connectivity index (χ3v) is 16.3. The predicted octanol–water partition coefficient (Wildman–Crippen LogP) is 4.64. The first-order valence-electron chi connectivity index (χ1n) is 11.2. The van der Waals surface area contributed by atoms with Gasteiger partial charge in [-0.15, -0.1) is 23.5 Å². The fraction of sp³-hybridized carbons (Fsp3) is 0.739. The highest BCUT2D eigenvalue weighted by Gasteiger charge is 2.58. The summed E-state index contributed by atoms with van der Waals surface area (Å²) in [6.45, 7) is 11.5. The Morgan fingerprint density at radius 2 is 1.81 bits per heavy atom. The van der Waals surface area contributed by atoms with Gasteiger partial charge in [0.25, 0.3) is 0 Å². The van der Waals surface area contributed by atoms with Crippen LogP contribution in [-0.4, -0.2) is 64.9 Å². The molecule has 4 rings (SSSR count). The van der Waals surface area contributed by atoms with Gasteiger partial charge in [-0.1, -0.05) is 50.0 Å². The Morgan fingerprint density at radius 3 is 2.45 bits per heavy atom. The van der Waals surface area contributed by atoms with Crippen molar-refractivity contribution in [1.29, 1.82) is 0 Å². The number of aliphatic hydroxyl groups excluding tert-OH is 1. The van der Waals surface area contributed by atoms with Crippen molar-refractivity contribution < 1.29 is 24.1 Å². The van der Waals surface area contributed by atoms with Crippen molar-refractivity contribution in [3.8, 4) is 0 Å². The van der Waals surface area contributed by atoms with Crippen LogP contribution in [0.25, 0.3) is 0 Å². The molecule has 0 aromatic heterocycles. The summed E-state index contributed by atoms with van der Waals surface area (Å²) in [6.07, 6.45) is -0.382. The minimum Gasteiger partial charge on any atom is -0.390 e. The SMILES string of the molecule is CC1(C)O[C@H]2O[C@H]([C@H](O)CC3([Si](C)(C)C)SCCCS3)[C@@H](OCc3ccccc3)[C@H]2O1. The van der Waals surface area contributed by atoms with Gasteiger partial charge in [-0.3, -0.25) is 0 Å². The van der Waals surface area contributed by atoms with E-state index >= 15 is 0 Å². The normalized spacial score (nSPS) is 33.2. The number of fused-ring (bicyclic) bond motifs is 1. The second kappa shape index (κ2) is 9.29. The fourth-order valence-corrected chi connectivity index (χ4v) is 12.3. The van der Waals surface area contributed by atoms with Gasteiger partial charge >= 0.3 is 0 Å². The smallest absolute Gasteiger partial charge is 0.190 e. The van der Waals surface area contributed by atoms with E-state index in [1.54, 1.807) is 0 Å². The van der Waals surface area contributed by atoms with E-state index in [4.69, 9.17) is 18.9 Å². The van der Waals surface area contributed by atoms with Crippen molar-refractivity contribution in [2.45, 2.75) is 93.1 Å². The van der Waals surface area contributed by atoms with Gasteiger partial charge in [-0.05, 0) is 43.8 Å². The molecular weight excluding hydrogens is 448 g/mol. The van der Waals surface area contributed by atoms with Crippen molar-refractivity contribution in [2.24, 2.45) is 0 Å². The van der Waals surface area contributed by atoms with Crippen LogP contribution in [0.5, 0.6) is 0 Å². The molecule has 1 N–H and O–H groups in total. The minimum absolute atomic E-state index is 0.0801. The molecule has 8 heteroatoms. The third-order valence-electron chi connectivity index (χ3n) is 6.27. The Morgan fingerprint density at radius 1 is 1.13 bits per heavy atom. The number of benzene rings is 1. The average Bonchev–Trinajstić information content (AvgIpc) is 3.19. The quantitative estimate of drug-likeness (QED) is 0.566. The topological polar surface area (TPSA) is 57.2 Å². The molecule has 3 aliphatic rings. The summed E-state index contributed by atoms with van der Waals surface area (Å²) < 4.78 is 24.8. The van der Waals surface area contributed by atoms with E-state index in [0.717, 1.165) is 17.1 Å². The first-order chi connectivity index (χ1) is 14.6. The van der Waals surface area contributed by atoms with Crippen molar-refractivity contribution in [1.82, 2.24) is 0 Å². The van der Waals surface area contributed by atoms with Crippen molar-refractivity contribution in [3.63, 3.8) is 0 Å². The zero-order chi connectivity index (χ0) is 22.3. The van der Waals surface area contributed by atoms with E-state index in [1.165, 1.54) is 6.42 Å². The number of aliphatic hydroxyl groups is 1. The highest BCUT2D eigenvalue weighted by molar-refractivity contribution is 8.21. The van der Waals surface area contributed by atoms with Gasteiger partial charge in [0.15, 0.2) is 12.1 Å². The molecule has 31 heavy (non-hydrogen) atoms. The monoisotopic (exact) mass is 484 g/mol. The fourth-order valence-electron chi connectivity index (χ4n) is 4.59. The number of hydrogen-bond donors (Lipinski definition) is 1. The van der Waals surface area contributed by atoms with Crippen LogP contribution in [0.15, 0.2) is 30.3 Å². The highest BCUT2D eigenvalue weighted by Crippen LogP contribution is 2.52. The van der Waals surface area contributed by atoms with Crippen LogP contribution in [0.2, 0.25) is 19.6 Å². The lowest BCUT2D eigenvalue weighted by molar-refractivity contribution is -0.230. The number of hydrogen-bond acceptors (Lipinski definition) is 7. The van der Waals surface area contributed by atoms with Crippen molar-refractivity contribution in [3.05, 3.63) is 35.9 Å². The Kier molecular flexibility index (Phi) is 7.22. The van der Waals surface area contributed by atoms with Gasteiger partial charge in [0.2, 0.25) is 0 Å². The van der Waals surface area contributed by atoms with Gasteiger partial charge < -0.3 is 24.1 Å². The molecule has 174 valence electrons. The molecule has 3 fully saturated rings. The lowest BCUT2D eigenvalue weighted by Gasteiger charge is -2.47. The minimum atomic E-state index is -1.56. The summed E-state index contributed by atoms with van der Waals surface area (Å²) in [4.78, 5) is 0. The first-order valence-corrected chi connectivity index (χ1v) is 16.7.